The van der Waals surface area contributed by atoms with Crippen molar-refractivity contribution < 1.29 is 9.90 Å². The average Bonchev–Trinajstić information content (AvgIpc) is 3.11. The average molecular weight is 416 g/mol. The molecule has 1 saturated heterocycles. The number of fused-ring (bicyclic) bond motifs is 2. The molecule has 2 atom stereocenters. The fourth-order valence-electron chi connectivity index (χ4n) is 5.02. The lowest BCUT2D eigenvalue weighted by atomic mass is 9.99. The first-order valence-electron chi connectivity index (χ1n) is 11.2. The summed E-state index contributed by atoms with van der Waals surface area (Å²) in [6, 6.07) is 18.6. The summed E-state index contributed by atoms with van der Waals surface area (Å²) < 4.78 is 0. The number of carbonyl (C=O) groups is 1. The highest BCUT2D eigenvalue weighted by molar-refractivity contribution is 5.96. The summed E-state index contributed by atoms with van der Waals surface area (Å²) in [4.78, 5) is 21.9. The Morgan fingerprint density at radius 3 is 2.90 bits per heavy atom. The minimum Gasteiger partial charge on any atom is -0.391 e. The maximum atomic E-state index is 13.1. The number of carbonyl (C=O) groups excluding carboxylic acids is 1. The number of pyridine rings is 1. The van der Waals surface area contributed by atoms with Crippen molar-refractivity contribution in [2.75, 3.05) is 31.1 Å². The van der Waals surface area contributed by atoms with E-state index in [1.54, 1.807) is 0 Å². The van der Waals surface area contributed by atoms with Crippen LogP contribution in [0.1, 0.15) is 23.2 Å². The molecule has 0 bridgehead atoms. The lowest BCUT2D eigenvalue weighted by Gasteiger charge is -2.31. The molecule has 2 aromatic carbocycles. The summed E-state index contributed by atoms with van der Waals surface area (Å²) in [5.41, 5.74) is 5.54. The first-order chi connectivity index (χ1) is 15.1. The van der Waals surface area contributed by atoms with E-state index in [2.05, 4.69) is 48.2 Å². The molecule has 1 amide bonds. The maximum Gasteiger partial charge on any atom is 0.241 e. The summed E-state index contributed by atoms with van der Waals surface area (Å²) in [5, 5.41) is 11.8. The Labute approximate surface area is 183 Å². The number of aromatic nitrogens is 1. The fourth-order valence-corrected chi connectivity index (χ4v) is 5.02. The third kappa shape index (κ3) is 4.21. The zero-order chi connectivity index (χ0) is 21.4. The highest BCUT2D eigenvalue weighted by atomic mass is 16.3. The number of nitrogens with zero attached hydrogens (tertiary/aromatic N) is 3. The van der Waals surface area contributed by atoms with Crippen LogP contribution in [0.5, 0.6) is 0 Å². The van der Waals surface area contributed by atoms with Crippen LogP contribution >= 0.6 is 0 Å². The van der Waals surface area contributed by atoms with Gasteiger partial charge in [0.15, 0.2) is 0 Å². The van der Waals surface area contributed by atoms with E-state index in [1.807, 2.05) is 23.1 Å². The summed E-state index contributed by atoms with van der Waals surface area (Å²) in [5.74, 6) is 0.222. The van der Waals surface area contributed by atoms with Crippen LogP contribution in [0.25, 0.3) is 10.9 Å². The minimum atomic E-state index is -0.433. The fraction of sp³-hybridized carbons (Fsp3) is 0.385. The number of hydrogen-bond donors (Lipinski definition) is 1. The number of aryl methyl sites for hydroxylation is 2. The number of aliphatic hydroxyl groups is 1. The van der Waals surface area contributed by atoms with Crippen molar-refractivity contribution in [2.24, 2.45) is 5.92 Å². The van der Waals surface area contributed by atoms with Crippen LogP contribution in [-0.2, 0) is 17.6 Å². The molecule has 0 saturated carbocycles. The molecular weight excluding hydrogens is 386 g/mol. The van der Waals surface area contributed by atoms with Crippen LogP contribution in [0.15, 0.2) is 54.6 Å². The predicted octanol–water partition coefficient (Wildman–Crippen LogP) is 3.36. The van der Waals surface area contributed by atoms with E-state index in [-0.39, 0.29) is 11.8 Å². The normalized spacial score (nSPS) is 21.4. The molecule has 0 unspecified atom stereocenters. The van der Waals surface area contributed by atoms with Crippen LogP contribution < -0.4 is 4.90 Å². The lowest BCUT2D eigenvalue weighted by molar-refractivity contribution is -0.119. The van der Waals surface area contributed by atoms with Gasteiger partial charge in [-0.1, -0.05) is 42.0 Å². The Morgan fingerprint density at radius 2 is 2.00 bits per heavy atom. The number of aliphatic hydroxyl groups excluding tert-OH is 1. The molecule has 5 nitrogen and oxygen atoms in total. The Bertz CT molecular complexity index is 1110. The van der Waals surface area contributed by atoms with E-state index < -0.39 is 6.10 Å². The number of β-amino-alcohol motifs (C(OH)–C–C–N with tert-alkyl or cyclic N) is 1. The third-order valence-electron chi connectivity index (χ3n) is 6.62. The molecule has 0 spiro atoms. The number of benzene rings is 2. The number of anilines is 1. The zero-order valence-electron chi connectivity index (χ0n) is 18.0. The second-order valence-corrected chi connectivity index (χ2v) is 9.00. The van der Waals surface area contributed by atoms with Crippen LogP contribution in [0.4, 0.5) is 5.69 Å². The zero-order valence-corrected chi connectivity index (χ0v) is 18.0. The Balaban J connectivity index is 1.24. The molecule has 31 heavy (non-hydrogen) atoms. The third-order valence-corrected chi connectivity index (χ3v) is 6.62. The number of amides is 1. The van der Waals surface area contributed by atoms with E-state index in [4.69, 9.17) is 4.98 Å². The van der Waals surface area contributed by atoms with Crippen LogP contribution in [0.2, 0.25) is 0 Å². The van der Waals surface area contributed by atoms with Crippen LogP contribution in [0.3, 0.4) is 0 Å². The molecule has 2 aliphatic heterocycles. The van der Waals surface area contributed by atoms with E-state index in [9.17, 15) is 9.90 Å². The number of hydrogen-bond acceptors (Lipinski definition) is 4. The summed E-state index contributed by atoms with van der Waals surface area (Å²) in [6.45, 7) is 4.48. The van der Waals surface area contributed by atoms with E-state index in [0.717, 1.165) is 54.6 Å². The molecule has 1 aromatic heterocycles. The van der Waals surface area contributed by atoms with Gasteiger partial charge in [-0.2, -0.15) is 0 Å². The monoisotopic (exact) mass is 415 g/mol. The van der Waals surface area contributed by atoms with Gasteiger partial charge in [-0.3, -0.25) is 14.7 Å². The summed E-state index contributed by atoms with van der Waals surface area (Å²) in [7, 11) is 0. The molecule has 0 aliphatic carbocycles. The lowest BCUT2D eigenvalue weighted by Crippen LogP contribution is -2.42. The molecule has 0 radical (unpaired) electrons. The molecule has 5 heteroatoms. The van der Waals surface area contributed by atoms with Gasteiger partial charge in [0.1, 0.15) is 0 Å². The molecule has 160 valence electrons. The van der Waals surface area contributed by atoms with Gasteiger partial charge >= 0.3 is 0 Å². The van der Waals surface area contributed by atoms with Crippen molar-refractivity contribution in [3.8, 4) is 0 Å². The number of para-hydroxylation sites is 1. The Morgan fingerprint density at radius 1 is 1.13 bits per heavy atom. The van der Waals surface area contributed by atoms with E-state index >= 15 is 0 Å². The molecule has 3 heterocycles. The van der Waals surface area contributed by atoms with Crippen molar-refractivity contribution in [1.29, 1.82) is 0 Å². The van der Waals surface area contributed by atoms with Crippen LogP contribution in [-0.4, -0.2) is 53.2 Å². The second-order valence-electron chi connectivity index (χ2n) is 9.00. The smallest absolute Gasteiger partial charge is 0.241 e. The van der Waals surface area contributed by atoms with Gasteiger partial charge in [0.05, 0.1) is 18.2 Å². The van der Waals surface area contributed by atoms with Gasteiger partial charge < -0.3 is 10.0 Å². The van der Waals surface area contributed by atoms with Gasteiger partial charge in [-0.05, 0) is 49.9 Å². The molecule has 2 aliphatic rings. The van der Waals surface area contributed by atoms with Gasteiger partial charge in [-0.25, -0.2) is 0 Å². The summed E-state index contributed by atoms with van der Waals surface area (Å²) in [6.07, 6.45) is 2.32. The first-order valence-corrected chi connectivity index (χ1v) is 11.2. The maximum absolute atomic E-state index is 13.1. The van der Waals surface area contributed by atoms with Crippen molar-refractivity contribution >= 4 is 22.5 Å². The first kappa shape index (κ1) is 20.2. The quantitative estimate of drug-likeness (QED) is 0.710. The molecule has 1 fully saturated rings. The van der Waals surface area contributed by atoms with Gasteiger partial charge in [0, 0.05) is 42.3 Å². The van der Waals surface area contributed by atoms with Gasteiger partial charge in [0.2, 0.25) is 5.91 Å². The second kappa shape index (κ2) is 8.40. The van der Waals surface area contributed by atoms with Crippen molar-refractivity contribution in [2.45, 2.75) is 32.3 Å². The van der Waals surface area contributed by atoms with Gasteiger partial charge in [-0.15, -0.1) is 0 Å². The highest BCUT2D eigenvalue weighted by Crippen LogP contribution is 2.29. The Hall–Kier alpha value is -2.76. The number of likely N-dealkylation sites (tertiary alicyclic amines) is 1. The SMILES string of the molecule is Cc1ccc2c(c1)CCCN2C(=O)CN1C[C@@H](Cc2ccc3ccccc3n2)[C@H](O)C1. The molecule has 5 rings (SSSR count). The predicted molar refractivity (Wildman–Crippen MR) is 123 cm³/mol. The van der Waals surface area contributed by atoms with Crippen molar-refractivity contribution in [1.82, 2.24) is 9.88 Å². The van der Waals surface area contributed by atoms with Gasteiger partial charge in [0.25, 0.3) is 0 Å². The van der Waals surface area contributed by atoms with E-state index in [1.165, 1.54) is 11.1 Å². The van der Waals surface area contributed by atoms with Crippen molar-refractivity contribution in [3.63, 3.8) is 0 Å². The van der Waals surface area contributed by atoms with Crippen molar-refractivity contribution in [3.05, 3.63) is 71.4 Å². The summed E-state index contributed by atoms with van der Waals surface area (Å²) >= 11 is 0. The molecule has 1 N–H and O–H groups in total. The largest absolute Gasteiger partial charge is 0.391 e. The highest BCUT2D eigenvalue weighted by Gasteiger charge is 2.34. The topological polar surface area (TPSA) is 56.7 Å². The van der Waals surface area contributed by atoms with E-state index in [0.29, 0.717) is 13.1 Å². The Kier molecular flexibility index (Phi) is 5.47. The minimum absolute atomic E-state index is 0.0951. The van der Waals surface area contributed by atoms with Crippen LogP contribution in [0, 0.1) is 12.8 Å². The molecular formula is C26H29N3O2. The standard InChI is InChI=1S/C26H29N3O2/c1-18-8-11-24-20(13-18)6-4-12-29(24)26(31)17-28-15-21(25(30)16-28)14-22-10-9-19-5-2-3-7-23(19)27-22/h2-3,5,7-11,13,21,25,30H,4,6,12,14-17H2,1H3/t21-,25-/m1/s1. The number of rotatable bonds is 4. The molecule has 3 aromatic rings.